The minimum absolute atomic E-state index is 0.121. The zero-order chi connectivity index (χ0) is 20.9. The number of halogens is 3. The highest BCUT2D eigenvalue weighted by molar-refractivity contribution is 5.57. The van der Waals surface area contributed by atoms with Crippen LogP contribution in [0.4, 0.5) is 24.9 Å². The van der Waals surface area contributed by atoms with Crippen molar-refractivity contribution >= 4 is 11.8 Å². The van der Waals surface area contributed by atoms with E-state index in [4.69, 9.17) is 9.72 Å². The Morgan fingerprint density at radius 1 is 1.10 bits per heavy atom. The summed E-state index contributed by atoms with van der Waals surface area (Å²) in [6.07, 6.45) is -2.60. The van der Waals surface area contributed by atoms with Gasteiger partial charge < -0.3 is 14.5 Å². The third-order valence-electron chi connectivity index (χ3n) is 6.03. The molecular formula is C20H19F3N6O. The van der Waals surface area contributed by atoms with Crippen molar-refractivity contribution in [2.45, 2.75) is 19.2 Å². The van der Waals surface area contributed by atoms with Crippen LogP contribution in [0.3, 0.4) is 0 Å². The quantitative estimate of drug-likeness (QED) is 0.744. The number of fused-ring (bicyclic) bond motifs is 2. The van der Waals surface area contributed by atoms with Crippen molar-refractivity contribution in [3.05, 3.63) is 40.8 Å². The summed E-state index contributed by atoms with van der Waals surface area (Å²) >= 11 is 0. The first kappa shape index (κ1) is 19.1. The van der Waals surface area contributed by atoms with Crippen molar-refractivity contribution in [2.24, 2.45) is 11.8 Å². The smallest absolute Gasteiger partial charge is 0.376 e. The molecule has 0 radical (unpaired) electrons. The summed E-state index contributed by atoms with van der Waals surface area (Å²) in [6.45, 7) is 3.69. The SMILES string of the molecule is N#Cc1cc2c(nc1N1CC3CN(c4nccc(C(F)(F)F)n4)CC3C1)CCOC2. The molecule has 3 aliphatic rings. The molecule has 156 valence electrons. The molecular weight excluding hydrogens is 397 g/mol. The number of nitrogens with zero attached hydrogens (tertiary/aromatic N) is 6. The van der Waals surface area contributed by atoms with E-state index in [0.29, 0.717) is 50.8 Å². The number of aromatic nitrogens is 3. The Labute approximate surface area is 171 Å². The Morgan fingerprint density at radius 3 is 2.53 bits per heavy atom. The fraction of sp³-hybridized carbons (Fsp3) is 0.500. The van der Waals surface area contributed by atoms with Crippen LogP contribution in [-0.2, 0) is 23.9 Å². The number of pyridine rings is 1. The van der Waals surface area contributed by atoms with Crippen LogP contribution in [0.15, 0.2) is 18.3 Å². The van der Waals surface area contributed by atoms with E-state index >= 15 is 0 Å². The van der Waals surface area contributed by atoms with Crippen LogP contribution in [0.2, 0.25) is 0 Å². The Hall–Kier alpha value is -2.93. The summed E-state index contributed by atoms with van der Waals surface area (Å²) < 4.78 is 44.3. The predicted octanol–water partition coefficient (Wildman–Crippen LogP) is 2.41. The molecule has 5 rings (SSSR count). The molecule has 0 N–H and O–H groups in total. The van der Waals surface area contributed by atoms with Crippen molar-refractivity contribution in [3.63, 3.8) is 0 Å². The molecule has 2 unspecified atom stereocenters. The van der Waals surface area contributed by atoms with Crippen molar-refractivity contribution in [1.82, 2.24) is 15.0 Å². The maximum Gasteiger partial charge on any atom is 0.433 e. The molecule has 7 nitrogen and oxygen atoms in total. The van der Waals surface area contributed by atoms with E-state index in [1.807, 2.05) is 11.0 Å². The lowest BCUT2D eigenvalue weighted by Crippen LogP contribution is -2.31. The summed E-state index contributed by atoms with van der Waals surface area (Å²) in [5.41, 5.74) is 1.56. The normalized spacial score (nSPS) is 23.3. The van der Waals surface area contributed by atoms with Crippen molar-refractivity contribution < 1.29 is 17.9 Å². The van der Waals surface area contributed by atoms with E-state index < -0.39 is 11.9 Å². The lowest BCUT2D eigenvalue weighted by Gasteiger charge is -2.25. The van der Waals surface area contributed by atoms with Gasteiger partial charge in [0.2, 0.25) is 5.95 Å². The molecule has 2 saturated heterocycles. The van der Waals surface area contributed by atoms with Gasteiger partial charge in [0, 0.05) is 56.2 Å². The lowest BCUT2D eigenvalue weighted by molar-refractivity contribution is -0.141. The van der Waals surface area contributed by atoms with Gasteiger partial charge in [-0.3, -0.25) is 0 Å². The molecule has 2 fully saturated rings. The third-order valence-corrected chi connectivity index (χ3v) is 6.03. The van der Waals surface area contributed by atoms with E-state index in [1.54, 1.807) is 0 Å². The first-order chi connectivity index (χ1) is 14.4. The van der Waals surface area contributed by atoms with Crippen LogP contribution in [-0.4, -0.2) is 47.7 Å². The molecule has 0 aromatic carbocycles. The van der Waals surface area contributed by atoms with Gasteiger partial charge in [-0.15, -0.1) is 0 Å². The fourth-order valence-electron chi connectivity index (χ4n) is 4.59. The molecule has 0 spiro atoms. The highest BCUT2D eigenvalue weighted by atomic mass is 19.4. The van der Waals surface area contributed by atoms with Gasteiger partial charge in [0.05, 0.1) is 24.5 Å². The van der Waals surface area contributed by atoms with Gasteiger partial charge in [-0.2, -0.15) is 18.4 Å². The molecule has 3 aliphatic heterocycles. The Morgan fingerprint density at radius 2 is 1.83 bits per heavy atom. The zero-order valence-electron chi connectivity index (χ0n) is 16.1. The van der Waals surface area contributed by atoms with Gasteiger partial charge in [-0.05, 0) is 12.1 Å². The summed E-state index contributed by atoms with van der Waals surface area (Å²) in [4.78, 5) is 16.5. The van der Waals surface area contributed by atoms with E-state index in [1.165, 1.54) is 0 Å². The molecule has 2 atom stereocenters. The van der Waals surface area contributed by atoms with Crippen molar-refractivity contribution in [2.75, 3.05) is 42.6 Å². The molecule has 0 amide bonds. The summed E-state index contributed by atoms with van der Waals surface area (Å²) in [6, 6.07) is 5.00. The number of rotatable bonds is 2. The third kappa shape index (κ3) is 3.33. The lowest BCUT2D eigenvalue weighted by atomic mass is 10.0. The van der Waals surface area contributed by atoms with Gasteiger partial charge in [-0.1, -0.05) is 0 Å². The van der Waals surface area contributed by atoms with Crippen LogP contribution in [0.5, 0.6) is 0 Å². The van der Waals surface area contributed by atoms with Crippen LogP contribution in [0, 0.1) is 23.2 Å². The molecule has 0 bridgehead atoms. The highest BCUT2D eigenvalue weighted by Crippen LogP contribution is 2.37. The Bertz CT molecular complexity index is 1010. The van der Waals surface area contributed by atoms with Crippen molar-refractivity contribution in [1.29, 1.82) is 5.26 Å². The van der Waals surface area contributed by atoms with Gasteiger partial charge in [-0.25, -0.2) is 15.0 Å². The Balaban J connectivity index is 1.33. The molecule has 2 aromatic rings. The number of nitriles is 1. The minimum atomic E-state index is -4.49. The number of anilines is 2. The second-order valence-corrected chi connectivity index (χ2v) is 7.95. The predicted molar refractivity (Wildman–Crippen MR) is 101 cm³/mol. The summed E-state index contributed by atoms with van der Waals surface area (Å²) in [5.74, 6) is 1.34. The molecule has 0 saturated carbocycles. The number of ether oxygens (including phenoxy) is 1. The van der Waals surface area contributed by atoms with Crippen molar-refractivity contribution in [3.8, 4) is 6.07 Å². The van der Waals surface area contributed by atoms with Gasteiger partial charge in [0.25, 0.3) is 0 Å². The molecule has 10 heteroatoms. The van der Waals surface area contributed by atoms with Crippen LogP contribution in [0.1, 0.15) is 22.5 Å². The summed E-state index contributed by atoms with van der Waals surface area (Å²) in [7, 11) is 0. The van der Waals surface area contributed by atoms with Crippen LogP contribution >= 0.6 is 0 Å². The first-order valence-electron chi connectivity index (χ1n) is 9.83. The average molecular weight is 416 g/mol. The maximum atomic E-state index is 13.0. The van der Waals surface area contributed by atoms with Gasteiger partial charge in [0.15, 0.2) is 0 Å². The first-order valence-corrected chi connectivity index (χ1v) is 9.83. The topological polar surface area (TPSA) is 78.2 Å². The fourth-order valence-corrected chi connectivity index (χ4v) is 4.59. The summed E-state index contributed by atoms with van der Waals surface area (Å²) in [5, 5.41) is 9.59. The largest absolute Gasteiger partial charge is 0.433 e. The Kier molecular flexibility index (Phi) is 4.50. The highest BCUT2D eigenvalue weighted by Gasteiger charge is 2.42. The molecule has 5 heterocycles. The standard InChI is InChI=1S/C20H19F3N6O/c21-20(22,23)17-1-3-25-19(27-17)29-9-14-7-28(8-15(14)10-29)18-12(6-24)5-13-11-30-4-2-16(13)26-18/h1,3,5,14-15H,2,4,7-11H2. The maximum absolute atomic E-state index is 13.0. The monoisotopic (exact) mass is 416 g/mol. The number of alkyl halides is 3. The minimum Gasteiger partial charge on any atom is -0.376 e. The van der Waals surface area contributed by atoms with Gasteiger partial charge in [0.1, 0.15) is 17.6 Å². The van der Waals surface area contributed by atoms with E-state index in [-0.39, 0.29) is 17.8 Å². The number of hydrogen-bond donors (Lipinski definition) is 0. The molecule has 2 aromatic heterocycles. The molecule has 30 heavy (non-hydrogen) atoms. The second kappa shape index (κ2) is 7.09. The van der Waals surface area contributed by atoms with E-state index in [2.05, 4.69) is 20.9 Å². The average Bonchev–Trinajstić information content (AvgIpc) is 3.31. The zero-order valence-corrected chi connectivity index (χ0v) is 16.1. The second-order valence-electron chi connectivity index (χ2n) is 7.95. The van der Waals surface area contributed by atoms with Crippen LogP contribution in [0.25, 0.3) is 0 Å². The van der Waals surface area contributed by atoms with E-state index in [9.17, 15) is 18.4 Å². The number of hydrogen-bond acceptors (Lipinski definition) is 7. The molecule has 0 aliphatic carbocycles. The van der Waals surface area contributed by atoms with Gasteiger partial charge >= 0.3 is 6.18 Å². The van der Waals surface area contributed by atoms with E-state index in [0.717, 1.165) is 29.9 Å². The van der Waals surface area contributed by atoms with Crippen LogP contribution < -0.4 is 9.80 Å².